The van der Waals surface area contributed by atoms with Gasteiger partial charge in [0, 0.05) is 6.42 Å². The minimum absolute atomic E-state index is 0.0397. The van der Waals surface area contributed by atoms with Crippen molar-refractivity contribution in [2.75, 3.05) is 6.61 Å². The third-order valence-corrected chi connectivity index (χ3v) is 5.05. The van der Waals surface area contributed by atoms with Crippen LogP contribution in [0.4, 0.5) is 0 Å². The average molecular weight is 379 g/mol. The van der Waals surface area contributed by atoms with Crippen LogP contribution in [-0.2, 0) is 14.3 Å². The first-order valence-electron chi connectivity index (χ1n) is 9.49. The van der Waals surface area contributed by atoms with Crippen LogP contribution < -0.4 is 0 Å². The molecule has 0 spiro atoms. The number of esters is 1. The molecule has 0 saturated carbocycles. The Morgan fingerprint density at radius 2 is 1.89 bits per heavy atom. The predicted octanol–water partition coefficient (Wildman–Crippen LogP) is 3.51. The highest BCUT2D eigenvalue weighted by atomic mass is 16.5. The molecule has 5 nitrogen and oxygen atoms in total. The zero-order chi connectivity index (χ0) is 21.0. The molecule has 0 aliphatic carbocycles. The summed E-state index contributed by atoms with van der Waals surface area (Å²) in [6.45, 7) is 13.8. The van der Waals surface area contributed by atoms with Crippen LogP contribution in [-0.4, -0.2) is 40.3 Å². The van der Waals surface area contributed by atoms with Crippen LogP contribution in [0.1, 0.15) is 60.8 Å². The topological polar surface area (TPSA) is 83.8 Å². The van der Waals surface area contributed by atoms with Crippen molar-refractivity contribution in [2.45, 2.75) is 72.5 Å². The Labute approximate surface area is 162 Å². The Hall–Kier alpha value is -1.72. The van der Waals surface area contributed by atoms with Gasteiger partial charge in [0.15, 0.2) is 11.4 Å². The van der Waals surface area contributed by atoms with E-state index in [0.717, 1.165) is 16.7 Å². The van der Waals surface area contributed by atoms with Crippen molar-refractivity contribution in [3.05, 3.63) is 35.5 Å². The molecule has 1 heterocycles. The Morgan fingerprint density at radius 3 is 2.41 bits per heavy atom. The molecule has 0 aromatic heterocycles. The molecule has 1 aliphatic rings. The molecule has 27 heavy (non-hydrogen) atoms. The summed E-state index contributed by atoms with van der Waals surface area (Å²) in [5, 5.41) is 20.6. The molecule has 0 unspecified atom stereocenters. The fraction of sp³-hybridized carbons (Fsp3) is 0.636. The molecule has 0 radical (unpaired) electrons. The van der Waals surface area contributed by atoms with Gasteiger partial charge in [0.1, 0.15) is 11.5 Å². The average Bonchev–Trinajstić information content (AvgIpc) is 2.56. The maximum absolute atomic E-state index is 13.0. The molecule has 0 aromatic carbocycles. The number of cyclic esters (lactones) is 1. The van der Waals surface area contributed by atoms with Gasteiger partial charge in [-0.15, -0.1) is 0 Å². The van der Waals surface area contributed by atoms with E-state index in [-0.39, 0.29) is 12.3 Å². The van der Waals surface area contributed by atoms with Crippen LogP contribution in [0.2, 0.25) is 0 Å². The van der Waals surface area contributed by atoms with Crippen LogP contribution in [0.15, 0.2) is 35.5 Å². The second-order valence-corrected chi connectivity index (χ2v) is 8.36. The first-order valence-corrected chi connectivity index (χ1v) is 9.49. The summed E-state index contributed by atoms with van der Waals surface area (Å²) in [6, 6.07) is 0. The molecule has 152 valence electrons. The summed E-state index contributed by atoms with van der Waals surface area (Å²) in [5.41, 5.74) is -1.06. The van der Waals surface area contributed by atoms with Gasteiger partial charge in [0.2, 0.25) is 0 Å². The molecule has 3 atom stereocenters. The number of rotatable bonds is 2. The fourth-order valence-electron chi connectivity index (χ4n) is 3.61. The normalized spacial score (nSPS) is 34.7. The van der Waals surface area contributed by atoms with Crippen molar-refractivity contribution in [3.8, 4) is 0 Å². The summed E-state index contributed by atoms with van der Waals surface area (Å²) >= 11 is 0. The van der Waals surface area contributed by atoms with Crippen molar-refractivity contribution >= 4 is 11.8 Å². The van der Waals surface area contributed by atoms with E-state index in [1.165, 1.54) is 13.8 Å². The number of hydrogen-bond acceptors (Lipinski definition) is 5. The third-order valence-electron chi connectivity index (χ3n) is 5.05. The third kappa shape index (κ3) is 5.63. The SMILES string of the molecule is C=C1/C=C(\C)[C@H](CC)OC(=O)C(C)(C)C(=O)[C@@](O)(CO)C/C(C)=C/[C@@H](C)C1. The number of ether oxygens (including phenoxy) is 1. The first-order chi connectivity index (χ1) is 12.4. The van der Waals surface area contributed by atoms with Gasteiger partial charge in [-0.2, -0.15) is 0 Å². The van der Waals surface area contributed by atoms with Crippen LogP contribution in [0.3, 0.4) is 0 Å². The van der Waals surface area contributed by atoms with E-state index in [1.54, 1.807) is 6.92 Å². The fourth-order valence-corrected chi connectivity index (χ4v) is 3.61. The number of Topliss-reactive ketones (excluding diaryl/α,β-unsaturated/α-hetero) is 1. The van der Waals surface area contributed by atoms with Crippen molar-refractivity contribution in [1.82, 2.24) is 0 Å². The minimum Gasteiger partial charge on any atom is -0.457 e. The Morgan fingerprint density at radius 1 is 1.30 bits per heavy atom. The van der Waals surface area contributed by atoms with Crippen LogP contribution >= 0.6 is 0 Å². The molecule has 5 heteroatoms. The van der Waals surface area contributed by atoms with Crippen LogP contribution in [0, 0.1) is 11.3 Å². The highest BCUT2D eigenvalue weighted by Gasteiger charge is 2.49. The van der Waals surface area contributed by atoms with Gasteiger partial charge in [0.25, 0.3) is 0 Å². The maximum atomic E-state index is 13.0. The number of aliphatic hydroxyl groups excluding tert-OH is 1. The number of hydrogen-bond donors (Lipinski definition) is 2. The van der Waals surface area contributed by atoms with E-state index in [4.69, 9.17) is 4.74 Å². The molecule has 2 N–H and O–H groups in total. The molecule has 0 fully saturated rings. The van der Waals surface area contributed by atoms with E-state index in [2.05, 4.69) is 6.58 Å². The Bertz CT molecular complexity index is 656. The standard InChI is InChI=1S/C22H34O5/c1-8-18-17(5)11-15(3)9-14(2)10-16(4)12-22(26,13-23)19(24)21(6,7)20(25)27-18/h10-11,14,18,23,26H,3,8-9,12-13H2,1-2,4-7H3/b16-10+,17-11+/t14-,18-,22-/m0/s1. The molecule has 1 rings (SSSR count). The highest BCUT2D eigenvalue weighted by Crippen LogP contribution is 2.32. The van der Waals surface area contributed by atoms with E-state index >= 15 is 0 Å². The molecule has 0 amide bonds. The smallest absolute Gasteiger partial charge is 0.319 e. The zero-order valence-corrected chi connectivity index (χ0v) is 17.5. The lowest BCUT2D eigenvalue weighted by Gasteiger charge is -2.33. The van der Waals surface area contributed by atoms with E-state index in [0.29, 0.717) is 12.8 Å². The summed E-state index contributed by atoms with van der Waals surface area (Å²) < 4.78 is 5.61. The molecule has 0 saturated heterocycles. The van der Waals surface area contributed by atoms with E-state index in [9.17, 15) is 19.8 Å². The second kappa shape index (κ2) is 8.98. The zero-order valence-electron chi connectivity index (χ0n) is 17.5. The number of carbonyl (C=O) groups excluding carboxylic acids is 2. The molecular formula is C22H34O5. The number of allylic oxidation sites excluding steroid dienone is 3. The van der Waals surface area contributed by atoms with Crippen molar-refractivity contribution in [1.29, 1.82) is 0 Å². The summed E-state index contributed by atoms with van der Waals surface area (Å²) in [7, 11) is 0. The summed E-state index contributed by atoms with van der Waals surface area (Å²) in [4.78, 5) is 25.7. The first kappa shape index (κ1) is 23.3. The van der Waals surface area contributed by atoms with Gasteiger partial charge < -0.3 is 14.9 Å². The van der Waals surface area contributed by atoms with Gasteiger partial charge in [-0.3, -0.25) is 9.59 Å². The monoisotopic (exact) mass is 378 g/mol. The number of carbonyl (C=O) groups is 2. The molecule has 1 aliphatic heterocycles. The summed E-state index contributed by atoms with van der Waals surface area (Å²) in [6.07, 6.45) is 4.66. The van der Waals surface area contributed by atoms with Gasteiger partial charge in [0.05, 0.1) is 6.61 Å². The minimum atomic E-state index is -2.03. The largest absolute Gasteiger partial charge is 0.457 e. The van der Waals surface area contributed by atoms with Gasteiger partial charge >= 0.3 is 5.97 Å². The lowest BCUT2D eigenvalue weighted by atomic mass is 9.76. The van der Waals surface area contributed by atoms with Crippen molar-refractivity contribution < 1.29 is 24.5 Å². The van der Waals surface area contributed by atoms with E-state index < -0.39 is 35.5 Å². The highest BCUT2D eigenvalue weighted by molar-refractivity contribution is 6.07. The lowest BCUT2D eigenvalue weighted by Crippen LogP contribution is -2.53. The maximum Gasteiger partial charge on any atom is 0.319 e. The predicted molar refractivity (Wildman–Crippen MR) is 106 cm³/mol. The summed E-state index contributed by atoms with van der Waals surface area (Å²) in [5.74, 6) is -1.30. The van der Waals surface area contributed by atoms with Crippen molar-refractivity contribution in [3.63, 3.8) is 0 Å². The number of aliphatic hydroxyl groups is 2. The van der Waals surface area contributed by atoms with Crippen LogP contribution in [0.25, 0.3) is 0 Å². The number of ketones is 1. The molecular weight excluding hydrogens is 344 g/mol. The Kier molecular flexibility index (Phi) is 7.76. The van der Waals surface area contributed by atoms with Crippen LogP contribution in [0.5, 0.6) is 0 Å². The second-order valence-electron chi connectivity index (χ2n) is 8.36. The van der Waals surface area contributed by atoms with Gasteiger partial charge in [-0.1, -0.05) is 43.7 Å². The van der Waals surface area contributed by atoms with Gasteiger partial charge in [-0.05, 0) is 52.0 Å². The lowest BCUT2D eigenvalue weighted by molar-refractivity contribution is -0.170. The molecule has 0 aromatic rings. The van der Waals surface area contributed by atoms with E-state index in [1.807, 2.05) is 32.9 Å². The van der Waals surface area contributed by atoms with Crippen molar-refractivity contribution in [2.24, 2.45) is 11.3 Å². The quantitative estimate of drug-likeness (QED) is 0.436. The Balaban J connectivity index is 3.44. The van der Waals surface area contributed by atoms with Gasteiger partial charge in [-0.25, -0.2) is 0 Å². The molecule has 0 bridgehead atoms.